The molecule has 2 rings (SSSR count). The van der Waals surface area contributed by atoms with E-state index in [9.17, 15) is 9.59 Å². The molecule has 1 aromatic heterocycles. The highest BCUT2D eigenvalue weighted by molar-refractivity contribution is 5.76. The van der Waals surface area contributed by atoms with E-state index in [1.165, 1.54) is 6.07 Å². The number of benzene rings is 1. The maximum Gasteiger partial charge on any atom is 0.310 e. The van der Waals surface area contributed by atoms with Crippen LogP contribution in [0.5, 0.6) is 0 Å². The summed E-state index contributed by atoms with van der Waals surface area (Å²) in [6.07, 6.45) is 1.56. The average Bonchev–Trinajstić information content (AvgIpc) is 2.42. The van der Waals surface area contributed by atoms with Crippen LogP contribution in [-0.2, 0) is 16.0 Å². The van der Waals surface area contributed by atoms with Crippen molar-refractivity contribution >= 4 is 5.97 Å². The second-order valence-electron chi connectivity index (χ2n) is 4.04. The highest BCUT2D eigenvalue weighted by Gasteiger charge is 2.13. The Labute approximate surface area is 111 Å². The molecular weight excluding hydrogens is 242 g/mol. The number of aromatic nitrogens is 1. The number of esters is 1. The highest BCUT2D eigenvalue weighted by Crippen LogP contribution is 2.19. The number of carbonyl (C=O) groups excluding carboxylic acids is 1. The predicted octanol–water partition coefficient (Wildman–Crippen LogP) is 2.15. The van der Waals surface area contributed by atoms with E-state index < -0.39 is 5.97 Å². The Kier molecular flexibility index (Phi) is 4.13. The van der Waals surface area contributed by atoms with Crippen molar-refractivity contribution in [3.8, 4) is 11.3 Å². The first-order valence-corrected chi connectivity index (χ1v) is 6.14. The van der Waals surface area contributed by atoms with Crippen LogP contribution < -0.4 is 5.43 Å². The fourth-order valence-electron chi connectivity index (χ4n) is 1.91. The lowest BCUT2D eigenvalue weighted by Gasteiger charge is -2.08. The minimum Gasteiger partial charge on any atom is -0.466 e. The predicted molar refractivity (Wildman–Crippen MR) is 72.8 cm³/mol. The monoisotopic (exact) mass is 257 g/mol. The van der Waals surface area contributed by atoms with Crippen molar-refractivity contribution in [2.24, 2.45) is 0 Å². The van der Waals surface area contributed by atoms with Crippen LogP contribution in [0.2, 0.25) is 0 Å². The standard InChI is InChI=1S/C15H15NO3/c1-2-19-14(18)10-12-13(17)8-9-16-15(12)11-6-4-3-5-7-11/h3-9H,2,10H2,1H3,(H,16,17). The molecule has 98 valence electrons. The van der Waals surface area contributed by atoms with Gasteiger partial charge in [0.15, 0.2) is 5.43 Å². The molecule has 0 spiro atoms. The summed E-state index contributed by atoms with van der Waals surface area (Å²) in [5, 5.41) is 0. The first-order valence-electron chi connectivity index (χ1n) is 6.14. The van der Waals surface area contributed by atoms with Gasteiger partial charge in [0.05, 0.1) is 18.7 Å². The summed E-state index contributed by atoms with van der Waals surface area (Å²) in [7, 11) is 0. The van der Waals surface area contributed by atoms with Crippen LogP contribution in [0.1, 0.15) is 12.5 Å². The zero-order chi connectivity index (χ0) is 13.7. The molecule has 1 N–H and O–H groups in total. The van der Waals surface area contributed by atoms with Crippen LogP contribution in [0, 0.1) is 0 Å². The first kappa shape index (κ1) is 13.1. The van der Waals surface area contributed by atoms with Crippen molar-refractivity contribution in [3.63, 3.8) is 0 Å². The van der Waals surface area contributed by atoms with Gasteiger partial charge in [-0.05, 0) is 12.5 Å². The van der Waals surface area contributed by atoms with E-state index in [4.69, 9.17) is 4.74 Å². The highest BCUT2D eigenvalue weighted by atomic mass is 16.5. The first-order chi connectivity index (χ1) is 9.22. The molecule has 0 radical (unpaired) electrons. The molecule has 0 amide bonds. The minimum absolute atomic E-state index is 0.0196. The lowest BCUT2D eigenvalue weighted by Crippen LogP contribution is -2.17. The summed E-state index contributed by atoms with van der Waals surface area (Å²) in [6, 6.07) is 10.9. The van der Waals surface area contributed by atoms with Crippen molar-refractivity contribution in [2.75, 3.05) is 6.61 Å². The molecule has 0 saturated heterocycles. The molecule has 0 bridgehead atoms. The van der Waals surface area contributed by atoms with Gasteiger partial charge in [0, 0.05) is 17.8 Å². The van der Waals surface area contributed by atoms with Crippen LogP contribution in [0.3, 0.4) is 0 Å². The zero-order valence-corrected chi connectivity index (χ0v) is 10.7. The normalized spacial score (nSPS) is 10.2. The van der Waals surface area contributed by atoms with Gasteiger partial charge in [-0.1, -0.05) is 30.3 Å². The van der Waals surface area contributed by atoms with E-state index in [-0.39, 0.29) is 11.8 Å². The summed E-state index contributed by atoms with van der Waals surface area (Å²) < 4.78 is 4.90. The third-order valence-electron chi connectivity index (χ3n) is 2.75. The maximum absolute atomic E-state index is 11.9. The number of hydrogen-bond donors (Lipinski definition) is 1. The summed E-state index contributed by atoms with van der Waals surface area (Å²) in [5.74, 6) is -0.392. The number of carbonyl (C=O) groups is 1. The van der Waals surface area contributed by atoms with E-state index in [0.717, 1.165) is 5.56 Å². The molecule has 2 aromatic rings. The Bertz CT molecular complexity index is 617. The molecule has 4 heteroatoms. The van der Waals surface area contributed by atoms with Crippen LogP contribution in [0.25, 0.3) is 11.3 Å². The van der Waals surface area contributed by atoms with E-state index in [0.29, 0.717) is 17.9 Å². The van der Waals surface area contributed by atoms with Crippen molar-refractivity contribution in [1.29, 1.82) is 0 Å². The SMILES string of the molecule is CCOC(=O)Cc1c(-c2ccccc2)[nH]ccc1=O. The summed E-state index contributed by atoms with van der Waals surface area (Å²) in [4.78, 5) is 26.5. The number of H-pyrrole nitrogens is 1. The lowest BCUT2D eigenvalue weighted by atomic mass is 10.0. The van der Waals surface area contributed by atoms with E-state index in [1.54, 1.807) is 13.1 Å². The molecule has 19 heavy (non-hydrogen) atoms. The average molecular weight is 257 g/mol. The third-order valence-corrected chi connectivity index (χ3v) is 2.75. The van der Waals surface area contributed by atoms with Crippen molar-refractivity contribution in [2.45, 2.75) is 13.3 Å². The molecule has 0 fully saturated rings. The molecule has 0 unspecified atom stereocenters. The van der Waals surface area contributed by atoms with Crippen LogP contribution in [-0.4, -0.2) is 17.6 Å². The van der Waals surface area contributed by atoms with Gasteiger partial charge in [0.1, 0.15) is 0 Å². The summed E-state index contributed by atoms with van der Waals surface area (Å²) >= 11 is 0. The Hall–Kier alpha value is -2.36. The Morgan fingerprint density at radius 1 is 1.21 bits per heavy atom. The van der Waals surface area contributed by atoms with Crippen molar-refractivity contribution < 1.29 is 9.53 Å². The van der Waals surface area contributed by atoms with Gasteiger partial charge in [0.2, 0.25) is 0 Å². The molecule has 0 aliphatic carbocycles. The molecule has 1 heterocycles. The number of nitrogens with one attached hydrogen (secondary N) is 1. The van der Waals surface area contributed by atoms with Crippen LogP contribution >= 0.6 is 0 Å². The quantitative estimate of drug-likeness (QED) is 0.854. The molecule has 0 aliphatic heterocycles. The molecule has 4 nitrogen and oxygen atoms in total. The lowest BCUT2D eigenvalue weighted by molar-refractivity contribution is -0.142. The minimum atomic E-state index is -0.392. The van der Waals surface area contributed by atoms with Gasteiger partial charge in [-0.25, -0.2) is 0 Å². The van der Waals surface area contributed by atoms with Crippen LogP contribution in [0.4, 0.5) is 0 Å². The van der Waals surface area contributed by atoms with Gasteiger partial charge in [-0.15, -0.1) is 0 Å². The second kappa shape index (κ2) is 6.00. The van der Waals surface area contributed by atoms with E-state index >= 15 is 0 Å². The topological polar surface area (TPSA) is 59.2 Å². The van der Waals surface area contributed by atoms with E-state index in [1.807, 2.05) is 30.3 Å². The molecular formula is C15H15NO3. The molecule has 0 saturated carbocycles. The second-order valence-corrected chi connectivity index (χ2v) is 4.04. The largest absolute Gasteiger partial charge is 0.466 e. The van der Waals surface area contributed by atoms with Gasteiger partial charge in [-0.3, -0.25) is 9.59 Å². The van der Waals surface area contributed by atoms with Gasteiger partial charge < -0.3 is 9.72 Å². The smallest absolute Gasteiger partial charge is 0.310 e. The number of ether oxygens (including phenoxy) is 1. The molecule has 0 aliphatic rings. The van der Waals surface area contributed by atoms with Gasteiger partial charge in [0.25, 0.3) is 0 Å². The summed E-state index contributed by atoms with van der Waals surface area (Å²) in [6.45, 7) is 2.05. The number of rotatable bonds is 4. The maximum atomic E-state index is 11.9. The number of aromatic amines is 1. The number of pyridine rings is 1. The Balaban J connectivity index is 2.42. The summed E-state index contributed by atoms with van der Waals surface area (Å²) in [5.41, 5.74) is 1.82. The van der Waals surface area contributed by atoms with Gasteiger partial charge >= 0.3 is 5.97 Å². The Morgan fingerprint density at radius 2 is 1.95 bits per heavy atom. The number of hydrogen-bond acceptors (Lipinski definition) is 3. The van der Waals surface area contributed by atoms with E-state index in [2.05, 4.69) is 4.98 Å². The molecule has 1 aromatic carbocycles. The molecule has 0 atom stereocenters. The third kappa shape index (κ3) is 3.10. The Morgan fingerprint density at radius 3 is 2.63 bits per heavy atom. The fourth-order valence-corrected chi connectivity index (χ4v) is 1.91. The van der Waals surface area contributed by atoms with Crippen molar-refractivity contribution in [3.05, 3.63) is 58.4 Å². The van der Waals surface area contributed by atoms with Crippen LogP contribution in [0.15, 0.2) is 47.4 Å². The zero-order valence-electron chi connectivity index (χ0n) is 10.7. The fraction of sp³-hybridized carbons (Fsp3) is 0.200. The van der Waals surface area contributed by atoms with Gasteiger partial charge in [-0.2, -0.15) is 0 Å². The van der Waals surface area contributed by atoms with Crippen molar-refractivity contribution in [1.82, 2.24) is 4.98 Å².